The van der Waals surface area contributed by atoms with Gasteiger partial charge in [0.15, 0.2) is 0 Å². The van der Waals surface area contributed by atoms with E-state index >= 15 is 0 Å². The van der Waals surface area contributed by atoms with Gasteiger partial charge in [0.25, 0.3) is 5.91 Å². The Morgan fingerprint density at radius 3 is 2.29 bits per heavy atom. The van der Waals surface area contributed by atoms with Gasteiger partial charge in [-0.05, 0) is 72.0 Å². The molecule has 0 heterocycles. The third-order valence-corrected chi connectivity index (χ3v) is 5.07. The first-order chi connectivity index (χ1) is 14.9. The van der Waals surface area contributed by atoms with E-state index in [1.807, 2.05) is 37.3 Å². The SMILES string of the molecule is CCc1cc(CC(=O)O)ccc1Oc1ccc(C(=O)NCCc2ccc(Cl)cc2)cc1. The Balaban J connectivity index is 1.57. The van der Waals surface area contributed by atoms with Gasteiger partial charge in [0.2, 0.25) is 0 Å². The Morgan fingerprint density at radius 1 is 0.968 bits per heavy atom. The Kier molecular flexibility index (Phi) is 7.68. The predicted octanol–water partition coefficient (Wildman–Crippen LogP) is 5.29. The standard InChI is InChI=1S/C25H24ClNO4/c1-2-19-15-18(16-24(28)29)5-12-23(19)31-22-10-6-20(7-11-22)25(30)27-14-13-17-3-8-21(26)9-4-17/h3-12,15H,2,13-14,16H2,1H3,(H,27,30)(H,28,29). The molecule has 0 bridgehead atoms. The Morgan fingerprint density at radius 2 is 1.65 bits per heavy atom. The van der Waals surface area contributed by atoms with Gasteiger partial charge in [-0.3, -0.25) is 9.59 Å². The molecule has 0 unspecified atom stereocenters. The van der Waals surface area contributed by atoms with E-state index in [9.17, 15) is 9.59 Å². The molecule has 0 aliphatic heterocycles. The van der Waals surface area contributed by atoms with Crippen molar-refractivity contribution in [2.45, 2.75) is 26.2 Å². The largest absolute Gasteiger partial charge is 0.481 e. The summed E-state index contributed by atoms with van der Waals surface area (Å²) in [5.41, 5.74) is 3.33. The number of aryl methyl sites for hydroxylation is 1. The summed E-state index contributed by atoms with van der Waals surface area (Å²) in [6, 6.07) is 19.9. The van der Waals surface area contributed by atoms with E-state index in [1.54, 1.807) is 36.4 Å². The number of halogens is 1. The maximum atomic E-state index is 12.4. The van der Waals surface area contributed by atoms with Crippen molar-refractivity contribution < 1.29 is 19.4 Å². The minimum atomic E-state index is -0.863. The summed E-state index contributed by atoms with van der Waals surface area (Å²) in [7, 11) is 0. The van der Waals surface area contributed by atoms with Gasteiger partial charge in [0.1, 0.15) is 11.5 Å². The number of carbonyl (C=O) groups excluding carboxylic acids is 1. The average molecular weight is 438 g/mol. The first-order valence-corrected chi connectivity index (χ1v) is 10.5. The molecule has 3 aromatic carbocycles. The van der Waals surface area contributed by atoms with Crippen LogP contribution in [0, 0.1) is 0 Å². The summed E-state index contributed by atoms with van der Waals surface area (Å²) in [4.78, 5) is 23.3. The molecule has 160 valence electrons. The smallest absolute Gasteiger partial charge is 0.307 e. The van der Waals surface area contributed by atoms with Crippen molar-refractivity contribution in [3.8, 4) is 11.5 Å². The molecule has 0 aliphatic carbocycles. The lowest BCUT2D eigenvalue weighted by Gasteiger charge is -2.12. The van der Waals surface area contributed by atoms with E-state index in [2.05, 4.69) is 5.32 Å². The maximum Gasteiger partial charge on any atom is 0.307 e. The lowest BCUT2D eigenvalue weighted by molar-refractivity contribution is -0.136. The molecule has 0 saturated heterocycles. The zero-order valence-electron chi connectivity index (χ0n) is 17.2. The van der Waals surface area contributed by atoms with E-state index in [1.165, 1.54) is 0 Å². The number of benzene rings is 3. The topological polar surface area (TPSA) is 75.6 Å². The number of amides is 1. The first kappa shape index (κ1) is 22.4. The van der Waals surface area contributed by atoms with Crippen molar-refractivity contribution in [1.29, 1.82) is 0 Å². The summed E-state index contributed by atoms with van der Waals surface area (Å²) in [6.07, 6.45) is 1.42. The molecule has 0 fully saturated rings. The van der Waals surface area contributed by atoms with Gasteiger partial charge in [-0.2, -0.15) is 0 Å². The predicted molar refractivity (Wildman–Crippen MR) is 121 cm³/mol. The molecule has 31 heavy (non-hydrogen) atoms. The monoisotopic (exact) mass is 437 g/mol. The minimum absolute atomic E-state index is 0.0187. The Hall–Kier alpha value is -3.31. The second-order valence-electron chi connectivity index (χ2n) is 7.12. The Labute approximate surface area is 186 Å². The molecule has 0 radical (unpaired) electrons. The number of ether oxygens (including phenoxy) is 1. The fourth-order valence-corrected chi connectivity index (χ4v) is 3.29. The van der Waals surface area contributed by atoms with Crippen LogP contribution in [0.3, 0.4) is 0 Å². The van der Waals surface area contributed by atoms with Gasteiger partial charge in [0, 0.05) is 17.1 Å². The van der Waals surface area contributed by atoms with Gasteiger partial charge in [-0.1, -0.05) is 42.8 Å². The van der Waals surface area contributed by atoms with Crippen molar-refractivity contribution >= 4 is 23.5 Å². The number of rotatable bonds is 9. The highest BCUT2D eigenvalue weighted by Crippen LogP contribution is 2.27. The molecule has 0 aliphatic rings. The molecule has 3 aromatic rings. The lowest BCUT2D eigenvalue weighted by atomic mass is 10.1. The van der Waals surface area contributed by atoms with Crippen LogP contribution in [0.4, 0.5) is 0 Å². The normalized spacial score (nSPS) is 10.5. The first-order valence-electron chi connectivity index (χ1n) is 10.1. The number of aliphatic carboxylic acids is 1. The minimum Gasteiger partial charge on any atom is -0.481 e. The van der Waals surface area contributed by atoms with Gasteiger partial charge in [-0.15, -0.1) is 0 Å². The Bertz CT molecular complexity index is 1050. The van der Waals surface area contributed by atoms with Gasteiger partial charge >= 0.3 is 5.97 Å². The summed E-state index contributed by atoms with van der Waals surface area (Å²) in [6.45, 7) is 2.52. The summed E-state index contributed by atoms with van der Waals surface area (Å²) < 4.78 is 5.95. The van der Waals surface area contributed by atoms with E-state index in [0.717, 1.165) is 29.5 Å². The summed E-state index contributed by atoms with van der Waals surface area (Å²) in [5, 5.41) is 12.6. The lowest BCUT2D eigenvalue weighted by Crippen LogP contribution is -2.25. The molecular weight excluding hydrogens is 414 g/mol. The highest BCUT2D eigenvalue weighted by molar-refractivity contribution is 6.30. The fraction of sp³-hybridized carbons (Fsp3) is 0.200. The van der Waals surface area contributed by atoms with Gasteiger partial charge in [-0.25, -0.2) is 0 Å². The molecular formula is C25H24ClNO4. The third kappa shape index (κ3) is 6.59. The number of hydrogen-bond acceptors (Lipinski definition) is 3. The molecule has 5 nitrogen and oxygen atoms in total. The summed E-state index contributed by atoms with van der Waals surface area (Å²) >= 11 is 5.88. The van der Waals surface area contributed by atoms with Crippen molar-refractivity contribution in [2.75, 3.05) is 6.54 Å². The molecule has 1 amide bonds. The average Bonchev–Trinajstić information content (AvgIpc) is 2.76. The highest BCUT2D eigenvalue weighted by Gasteiger charge is 2.09. The van der Waals surface area contributed by atoms with Crippen LogP contribution in [0.15, 0.2) is 66.7 Å². The molecule has 2 N–H and O–H groups in total. The van der Waals surface area contributed by atoms with E-state index in [4.69, 9.17) is 21.4 Å². The summed E-state index contributed by atoms with van der Waals surface area (Å²) in [5.74, 6) is 0.278. The number of carbonyl (C=O) groups is 2. The second-order valence-corrected chi connectivity index (χ2v) is 7.56. The third-order valence-electron chi connectivity index (χ3n) is 4.82. The van der Waals surface area contributed by atoms with E-state index in [-0.39, 0.29) is 12.3 Å². The molecule has 3 rings (SSSR count). The van der Waals surface area contributed by atoms with Gasteiger partial charge in [0.05, 0.1) is 6.42 Å². The van der Waals surface area contributed by atoms with Crippen LogP contribution >= 0.6 is 11.6 Å². The molecule has 0 aromatic heterocycles. The van der Waals surface area contributed by atoms with Crippen molar-refractivity contribution in [2.24, 2.45) is 0 Å². The molecule has 6 heteroatoms. The number of carboxylic acids is 1. The van der Waals surface area contributed by atoms with Crippen LogP contribution < -0.4 is 10.1 Å². The zero-order valence-corrected chi connectivity index (χ0v) is 18.0. The number of hydrogen-bond donors (Lipinski definition) is 2. The zero-order chi connectivity index (χ0) is 22.2. The van der Waals surface area contributed by atoms with Crippen LogP contribution in [0.5, 0.6) is 11.5 Å². The maximum absolute atomic E-state index is 12.4. The van der Waals surface area contributed by atoms with Crippen molar-refractivity contribution in [3.05, 3.63) is 94.0 Å². The van der Waals surface area contributed by atoms with Crippen LogP contribution in [-0.2, 0) is 24.1 Å². The van der Waals surface area contributed by atoms with Crippen LogP contribution in [-0.4, -0.2) is 23.5 Å². The van der Waals surface area contributed by atoms with Gasteiger partial charge < -0.3 is 15.2 Å². The van der Waals surface area contributed by atoms with Crippen LogP contribution in [0.2, 0.25) is 5.02 Å². The quantitative estimate of drug-likeness (QED) is 0.476. The molecule has 0 spiro atoms. The van der Waals surface area contributed by atoms with E-state index in [0.29, 0.717) is 28.6 Å². The molecule has 0 saturated carbocycles. The van der Waals surface area contributed by atoms with Crippen molar-refractivity contribution in [3.63, 3.8) is 0 Å². The number of carboxylic acid groups (broad SMARTS) is 1. The fourth-order valence-electron chi connectivity index (χ4n) is 3.17. The van der Waals surface area contributed by atoms with Crippen molar-refractivity contribution in [1.82, 2.24) is 5.32 Å². The van der Waals surface area contributed by atoms with Crippen LogP contribution in [0.25, 0.3) is 0 Å². The van der Waals surface area contributed by atoms with E-state index < -0.39 is 5.97 Å². The highest BCUT2D eigenvalue weighted by atomic mass is 35.5. The number of nitrogens with one attached hydrogen (secondary N) is 1. The van der Waals surface area contributed by atoms with Crippen LogP contribution in [0.1, 0.15) is 34.0 Å². The second kappa shape index (κ2) is 10.6. The molecule has 0 atom stereocenters.